The van der Waals surface area contributed by atoms with Gasteiger partial charge in [-0.3, -0.25) is 14.9 Å². The molecule has 3 aromatic carbocycles. The topological polar surface area (TPSA) is 72.2 Å². The van der Waals surface area contributed by atoms with Crippen LogP contribution in [0.2, 0.25) is 0 Å². The van der Waals surface area contributed by atoms with Crippen molar-refractivity contribution >= 4 is 17.3 Å². The third-order valence-corrected chi connectivity index (χ3v) is 4.19. The molecular weight excluding hydrogens is 328 g/mol. The molecule has 130 valence electrons. The Morgan fingerprint density at radius 3 is 1.92 bits per heavy atom. The third-order valence-electron chi connectivity index (χ3n) is 4.19. The average molecular weight is 346 g/mol. The first-order valence-corrected chi connectivity index (χ1v) is 8.22. The largest absolute Gasteiger partial charge is 0.325 e. The molecule has 0 saturated carbocycles. The Kier molecular flexibility index (Phi) is 5.08. The molecule has 0 fully saturated rings. The summed E-state index contributed by atoms with van der Waals surface area (Å²) in [5, 5.41) is 13.8. The van der Waals surface area contributed by atoms with Crippen LogP contribution in [-0.4, -0.2) is 10.8 Å². The smallest absolute Gasteiger partial charge is 0.272 e. The van der Waals surface area contributed by atoms with Crippen LogP contribution in [0.3, 0.4) is 0 Å². The molecule has 0 radical (unpaired) electrons. The minimum absolute atomic E-state index is 0.0330. The van der Waals surface area contributed by atoms with Crippen molar-refractivity contribution in [1.82, 2.24) is 0 Å². The molecule has 0 aliphatic rings. The summed E-state index contributed by atoms with van der Waals surface area (Å²) in [7, 11) is 0. The Balaban J connectivity index is 1.92. The second kappa shape index (κ2) is 7.61. The Morgan fingerprint density at radius 1 is 0.923 bits per heavy atom. The van der Waals surface area contributed by atoms with Gasteiger partial charge in [0.2, 0.25) is 5.91 Å². The number of carbonyl (C=O) groups excluding carboxylic acids is 1. The van der Waals surface area contributed by atoms with Crippen molar-refractivity contribution in [3.63, 3.8) is 0 Å². The third kappa shape index (κ3) is 3.78. The van der Waals surface area contributed by atoms with E-state index in [4.69, 9.17) is 0 Å². The molecule has 0 spiro atoms. The molecule has 0 unspecified atom stereocenters. The van der Waals surface area contributed by atoms with Gasteiger partial charge in [-0.25, -0.2) is 0 Å². The molecule has 3 aromatic rings. The van der Waals surface area contributed by atoms with Crippen LogP contribution in [0.25, 0.3) is 0 Å². The van der Waals surface area contributed by atoms with Crippen molar-refractivity contribution in [2.24, 2.45) is 0 Å². The average Bonchev–Trinajstić information content (AvgIpc) is 2.63. The van der Waals surface area contributed by atoms with E-state index in [0.717, 1.165) is 11.1 Å². The fraction of sp³-hybridized carbons (Fsp3) is 0.0952. The predicted molar refractivity (Wildman–Crippen MR) is 101 cm³/mol. The van der Waals surface area contributed by atoms with Gasteiger partial charge in [-0.15, -0.1) is 0 Å². The van der Waals surface area contributed by atoms with Crippen LogP contribution >= 0.6 is 0 Å². The number of hydrogen-bond donors (Lipinski definition) is 1. The molecule has 0 aromatic heterocycles. The van der Waals surface area contributed by atoms with Crippen molar-refractivity contribution in [3.05, 3.63) is 106 Å². The van der Waals surface area contributed by atoms with Crippen LogP contribution in [0.15, 0.2) is 78.9 Å². The highest BCUT2D eigenvalue weighted by Gasteiger charge is 2.23. The minimum atomic E-state index is -0.465. The fourth-order valence-electron chi connectivity index (χ4n) is 2.94. The monoisotopic (exact) mass is 346 g/mol. The Morgan fingerprint density at radius 2 is 1.46 bits per heavy atom. The summed E-state index contributed by atoms with van der Waals surface area (Å²) in [6.07, 6.45) is 0. The highest BCUT2D eigenvalue weighted by Crippen LogP contribution is 2.27. The molecule has 1 N–H and O–H groups in total. The highest BCUT2D eigenvalue weighted by molar-refractivity contribution is 5.98. The van der Waals surface area contributed by atoms with Crippen molar-refractivity contribution in [1.29, 1.82) is 0 Å². The molecule has 26 heavy (non-hydrogen) atoms. The van der Waals surface area contributed by atoms with E-state index >= 15 is 0 Å². The van der Waals surface area contributed by atoms with Gasteiger partial charge in [0.15, 0.2) is 0 Å². The van der Waals surface area contributed by atoms with Crippen LogP contribution in [0.1, 0.15) is 22.6 Å². The van der Waals surface area contributed by atoms with Gasteiger partial charge in [-0.05, 0) is 30.2 Å². The predicted octanol–water partition coefficient (Wildman–Crippen LogP) is 4.67. The first kappa shape index (κ1) is 17.4. The van der Waals surface area contributed by atoms with Gasteiger partial charge in [0.05, 0.1) is 10.8 Å². The Hall–Kier alpha value is -3.47. The van der Waals surface area contributed by atoms with Gasteiger partial charge in [-0.1, -0.05) is 60.7 Å². The maximum absolute atomic E-state index is 13.0. The van der Waals surface area contributed by atoms with Gasteiger partial charge in [0, 0.05) is 17.3 Å². The molecule has 0 saturated heterocycles. The van der Waals surface area contributed by atoms with E-state index in [1.165, 1.54) is 6.07 Å². The van der Waals surface area contributed by atoms with Crippen LogP contribution in [0.4, 0.5) is 11.4 Å². The van der Waals surface area contributed by atoms with Gasteiger partial charge >= 0.3 is 0 Å². The number of anilines is 1. The van der Waals surface area contributed by atoms with Gasteiger partial charge in [0.1, 0.15) is 0 Å². The van der Waals surface area contributed by atoms with Crippen molar-refractivity contribution in [2.45, 2.75) is 12.8 Å². The number of nitrogens with zero attached hydrogens (tertiary/aromatic N) is 1. The van der Waals surface area contributed by atoms with Gasteiger partial charge in [0.25, 0.3) is 5.69 Å². The molecule has 0 aliphatic heterocycles. The van der Waals surface area contributed by atoms with E-state index in [1.807, 2.05) is 60.7 Å². The molecule has 5 heteroatoms. The lowest BCUT2D eigenvalue weighted by Gasteiger charge is -2.18. The van der Waals surface area contributed by atoms with E-state index in [1.54, 1.807) is 19.1 Å². The number of hydrogen-bond acceptors (Lipinski definition) is 3. The van der Waals surface area contributed by atoms with E-state index in [2.05, 4.69) is 5.32 Å². The number of nitrogens with one attached hydrogen (secondary N) is 1. The fourth-order valence-corrected chi connectivity index (χ4v) is 2.94. The standard InChI is InChI=1S/C21H18N2O3/c1-15-14-18(12-13-19(15)23(25)26)22-21(24)20(16-8-4-2-5-9-16)17-10-6-3-7-11-17/h2-14,20H,1H3,(H,22,24). The molecule has 1 amide bonds. The Labute approximate surface area is 151 Å². The molecule has 0 aliphatic carbocycles. The second-order valence-electron chi connectivity index (χ2n) is 6.00. The molecule has 0 heterocycles. The maximum Gasteiger partial charge on any atom is 0.272 e. The molecule has 5 nitrogen and oxygen atoms in total. The number of nitro benzene ring substituents is 1. The number of benzene rings is 3. The molecule has 0 atom stereocenters. The summed E-state index contributed by atoms with van der Waals surface area (Å²) in [5.74, 6) is -0.649. The quantitative estimate of drug-likeness (QED) is 0.539. The van der Waals surface area contributed by atoms with Crippen molar-refractivity contribution in [2.75, 3.05) is 5.32 Å². The maximum atomic E-state index is 13.0. The first-order valence-electron chi connectivity index (χ1n) is 8.22. The highest BCUT2D eigenvalue weighted by atomic mass is 16.6. The van der Waals surface area contributed by atoms with E-state index in [9.17, 15) is 14.9 Å². The van der Waals surface area contributed by atoms with Crippen LogP contribution in [0, 0.1) is 17.0 Å². The minimum Gasteiger partial charge on any atom is -0.325 e. The zero-order chi connectivity index (χ0) is 18.5. The van der Waals surface area contributed by atoms with Crippen LogP contribution in [0.5, 0.6) is 0 Å². The van der Waals surface area contributed by atoms with E-state index < -0.39 is 10.8 Å². The normalized spacial score (nSPS) is 10.5. The van der Waals surface area contributed by atoms with Gasteiger partial charge < -0.3 is 5.32 Å². The lowest BCUT2D eigenvalue weighted by molar-refractivity contribution is -0.385. The summed E-state index contributed by atoms with van der Waals surface area (Å²) in [5.41, 5.74) is 2.84. The number of nitro groups is 1. The van der Waals surface area contributed by atoms with E-state index in [0.29, 0.717) is 11.3 Å². The summed E-state index contributed by atoms with van der Waals surface area (Å²) in [4.78, 5) is 23.5. The number of aryl methyl sites for hydroxylation is 1. The zero-order valence-corrected chi connectivity index (χ0v) is 14.3. The molecular formula is C21H18N2O3. The van der Waals surface area contributed by atoms with Crippen molar-refractivity contribution in [3.8, 4) is 0 Å². The number of carbonyl (C=O) groups is 1. The summed E-state index contributed by atoms with van der Waals surface area (Å²) in [6, 6.07) is 23.6. The second-order valence-corrected chi connectivity index (χ2v) is 6.00. The zero-order valence-electron chi connectivity index (χ0n) is 14.3. The summed E-state index contributed by atoms with van der Waals surface area (Å²) in [6.45, 7) is 1.65. The van der Waals surface area contributed by atoms with Crippen molar-refractivity contribution < 1.29 is 9.72 Å². The van der Waals surface area contributed by atoms with E-state index in [-0.39, 0.29) is 11.6 Å². The number of rotatable bonds is 5. The van der Waals surface area contributed by atoms with Crippen LogP contribution in [-0.2, 0) is 4.79 Å². The molecule has 3 rings (SSSR count). The lowest BCUT2D eigenvalue weighted by Crippen LogP contribution is -2.22. The Bertz CT molecular complexity index is 885. The summed E-state index contributed by atoms with van der Waals surface area (Å²) >= 11 is 0. The summed E-state index contributed by atoms with van der Waals surface area (Å²) < 4.78 is 0. The van der Waals surface area contributed by atoms with Gasteiger partial charge in [-0.2, -0.15) is 0 Å². The lowest BCUT2D eigenvalue weighted by atomic mass is 9.90. The molecule has 0 bridgehead atoms. The van der Waals surface area contributed by atoms with Crippen LogP contribution < -0.4 is 5.32 Å². The first-order chi connectivity index (χ1) is 12.6. The SMILES string of the molecule is Cc1cc(NC(=O)C(c2ccccc2)c2ccccc2)ccc1[N+](=O)[O-]. The number of amides is 1.